The van der Waals surface area contributed by atoms with Crippen molar-refractivity contribution in [2.24, 2.45) is 5.92 Å². The third-order valence-corrected chi connectivity index (χ3v) is 6.68. The molecular weight excluding hydrogens is 483 g/mol. The molecule has 2 saturated heterocycles. The average molecular weight is 505 g/mol. The van der Waals surface area contributed by atoms with Crippen LogP contribution in [0.2, 0.25) is 0 Å². The number of hydrogen-bond acceptors (Lipinski definition) is 3. The lowest BCUT2D eigenvalue weighted by molar-refractivity contribution is -0.143. The number of carbonyl (C=O) groups is 1. The number of nitrogens with zero attached hydrogens (tertiary/aromatic N) is 1. The molecule has 2 aliphatic rings. The fourth-order valence-corrected chi connectivity index (χ4v) is 5.00. The lowest BCUT2D eigenvalue weighted by Gasteiger charge is -2.27. The van der Waals surface area contributed by atoms with Crippen LogP contribution < -0.4 is 0 Å². The maximum atomic E-state index is 13.5. The highest BCUT2D eigenvalue weighted by atomic mass is 19.4. The molecule has 2 heterocycles. The third kappa shape index (κ3) is 5.02. The second kappa shape index (κ2) is 9.09. The van der Waals surface area contributed by atoms with Crippen LogP contribution in [0.4, 0.5) is 30.7 Å². The standard InChI is InChI=1S/C24H22F7NO3/c1-12(14-6-16(23(26,27)28)9-17(7-14)24(29,30)31)35-20-10-32-19(8-15(11-33)22(32)34)21(20)13-2-4-18(25)5-3-13/h2-7,9,12,15,19-21,33H,8,10-11H2,1H3/t12-,15?,19?,20+,21+/m1/s1. The molecule has 2 unspecified atom stereocenters. The molecule has 1 N–H and O–H groups in total. The molecular formula is C24H22F7NO3. The summed E-state index contributed by atoms with van der Waals surface area (Å²) >= 11 is 0. The number of amides is 1. The highest BCUT2D eigenvalue weighted by Crippen LogP contribution is 2.45. The third-order valence-electron chi connectivity index (χ3n) is 6.68. The molecule has 4 rings (SSSR count). The van der Waals surface area contributed by atoms with Crippen molar-refractivity contribution in [3.8, 4) is 0 Å². The molecule has 190 valence electrons. The van der Waals surface area contributed by atoms with E-state index >= 15 is 0 Å². The highest BCUT2D eigenvalue weighted by Gasteiger charge is 2.52. The molecule has 0 radical (unpaired) electrons. The van der Waals surface area contributed by atoms with Gasteiger partial charge in [0.2, 0.25) is 5.91 Å². The molecule has 11 heteroatoms. The number of fused-ring (bicyclic) bond motifs is 1. The number of benzene rings is 2. The number of ether oxygens (including phenoxy) is 1. The summed E-state index contributed by atoms with van der Waals surface area (Å²) in [5.74, 6) is -1.92. The zero-order valence-corrected chi connectivity index (χ0v) is 18.4. The van der Waals surface area contributed by atoms with Crippen LogP contribution in [0.25, 0.3) is 0 Å². The van der Waals surface area contributed by atoms with E-state index in [1.165, 1.54) is 36.1 Å². The Morgan fingerprint density at radius 1 is 1.03 bits per heavy atom. The van der Waals surface area contributed by atoms with Gasteiger partial charge < -0.3 is 14.7 Å². The first-order chi connectivity index (χ1) is 16.3. The molecule has 0 spiro atoms. The Bertz CT molecular complexity index is 1050. The van der Waals surface area contributed by atoms with E-state index in [0.29, 0.717) is 24.1 Å². The molecule has 0 saturated carbocycles. The van der Waals surface area contributed by atoms with Gasteiger partial charge in [0.1, 0.15) is 5.82 Å². The van der Waals surface area contributed by atoms with Crippen LogP contribution in [0.1, 0.15) is 47.6 Å². The van der Waals surface area contributed by atoms with Crippen molar-refractivity contribution in [3.63, 3.8) is 0 Å². The van der Waals surface area contributed by atoms with E-state index < -0.39 is 59.4 Å². The Kier molecular flexibility index (Phi) is 6.60. The monoisotopic (exact) mass is 505 g/mol. The minimum absolute atomic E-state index is 0.0392. The minimum atomic E-state index is -4.99. The first-order valence-corrected chi connectivity index (χ1v) is 10.9. The first kappa shape index (κ1) is 25.4. The summed E-state index contributed by atoms with van der Waals surface area (Å²) in [4.78, 5) is 14.2. The lowest BCUT2D eigenvalue weighted by Crippen LogP contribution is -2.31. The molecule has 2 aromatic carbocycles. The van der Waals surface area contributed by atoms with E-state index in [4.69, 9.17) is 4.74 Å². The molecule has 2 aliphatic heterocycles. The predicted molar refractivity (Wildman–Crippen MR) is 110 cm³/mol. The summed E-state index contributed by atoms with van der Waals surface area (Å²) in [6, 6.07) is 6.35. The molecule has 0 bridgehead atoms. The maximum absolute atomic E-state index is 13.5. The van der Waals surface area contributed by atoms with Crippen LogP contribution in [0.3, 0.4) is 0 Å². The van der Waals surface area contributed by atoms with Gasteiger partial charge in [-0.1, -0.05) is 12.1 Å². The SMILES string of the molecule is C[C@@H](O[C@H]1CN2C(=O)C(CO)CC2[C@@H]1c1ccc(F)cc1)c1cc(C(F)(F)F)cc(C(F)(F)F)c1. The molecule has 4 nitrogen and oxygen atoms in total. The van der Waals surface area contributed by atoms with Gasteiger partial charge in [-0.3, -0.25) is 4.79 Å². The van der Waals surface area contributed by atoms with E-state index in [1.54, 1.807) is 0 Å². The van der Waals surface area contributed by atoms with Gasteiger partial charge >= 0.3 is 12.4 Å². The smallest absolute Gasteiger partial charge is 0.396 e. The van der Waals surface area contributed by atoms with Gasteiger partial charge in [-0.2, -0.15) is 26.3 Å². The summed E-state index contributed by atoms with van der Waals surface area (Å²) in [6.45, 7) is 1.03. The van der Waals surface area contributed by atoms with E-state index in [-0.39, 0.29) is 30.7 Å². The predicted octanol–water partition coefficient (Wildman–Crippen LogP) is 5.32. The van der Waals surface area contributed by atoms with Crippen molar-refractivity contribution in [1.29, 1.82) is 0 Å². The topological polar surface area (TPSA) is 49.8 Å². The molecule has 35 heavy (non-hydrogen) atoms. The van der Waals surface area contributed by atoms with Crippen molar-refractivity contribution >= 4 is 5.91 Å². The average Bonchev–Trinajstić information content (AvgIpc) is 3.28. The summed E-state index contributed by atoms with van der Waals surface area (Å²) in [5.41, 5.74) is -2.58. The molecule has 5 atom stereocenters. The number of alkyl halides is 6. The largest absolute Gasteiger partial charge is 0.416 e. The van der Waals surface area contributed by atoms with Crippen molar-refractivity contribution in [2.75, 3.05) is 13.2 Å². The van der Waals surface area contributed by atoms with Gasteiger partial charge in [0, 0.05) is 18.5 Å². The van der Waals surface area contributed by atoms with Crippen LogP contribution in [0.15, 0.2) is 42.5 Å². The fraction of sp³-hybridized carbons (Fsp3) is 0.458. The number of rotatable bonds is 5. The fourth-order valence-electron chi connectivity index (χ4n) is 5.00. The number of aliphatic hydroxyl groups excluding tert-OH is 1. The van der Waals surface area contributed by atoms with Gasteiger partial charge in [-0.05, 0) is 54.8 Å². The van der Waals surface area contributed by atoms with Crippen molar-refractivity contribution in [3.05, 3.63) is 70.5 Å². The van der Waals surface area contributed by atoms with Gasteiger partial charge in [0.05, 0.1) is 35.9 Å². The Morgan fingerprint density at radius 2 is 1.60 bits per heavy atom. The van der Waals surface area contributed by atoms with E-state index in [1.807, 2.05) is 0 Å². The van der Waals surface area contributed by atoms with Gasteiger partial charge in [-0.25, -0.2) is 4.39 Å². The normalized spacial score (nSPS) is 25.7. The van der Waals surface area contributed by atoms with Crippen LogP contribution in [0.5, 0.6) is 0 Å². The van der Waals surface area contributed by atoms with Crippen LogP contribution in [0, 0.1) is 11.7 Å². The number of hydrogen-bond donors (Lipinski definition) is 1. The number of carbonyl (C=O) groups excluding carboxylic acids is 1. The minimum Gasteiger partial charge on any atom is -0.396 e. The van der Waals surface area contributed by atoms with E-state index in [0.717, 1.165) is 0 Å². The summed E-state index contributed by atoms with van der Waals surface area (Å²) in [6.07, 6.45) is -11.6. The summed E-state index contributed by atoms with van der Waals surface area (Å²) in [5, 5.41) is 9.52. The zero-order valence-electron chi connectivity index (χ0n) is 18.4. The highest BCUT2D eigenvalue weighted by molar-refractivity contribution is 5.82. The zero-order chi connectivity index (χ0) is 25.7. The van der Waals surface area contributed by atoms with E-state index in [2.05, 4.69) is 0 Å². The Balaban J connectivity index is 1.67. The molecule has 1 amide bonds. The molecule has 0 aromatic heterocycles. The quantitative estimate of drug-likeness (QED) is 0.560. The summed E-state index contributed by atoms with van der Waals surface area (Å²) < 4.78 is 99.2. The molecule has 0 aliphatic carbocycles. The Hall–Kier alpha value is -2.66. The van der Waals surface area contributed by atoms with Crippen LogP contribution in [-0.4, -0.2) is 41.2 Å². The summed E-state index contributed by atoms with van der Waals surface area (Å²) in [7, 11) is 0. The van der Waals surface area contributed by atoms with Crippen LogP contribution in [-0.2, 0) is 21.9 Å². The van der Waals surface area contributed by atoms with Crippen LogP contribution >= 0.6 is 0 Å². The number of halogens is 7. The Labute approximate surface area is 196 Å². The maximum Gasteiger partial charge on any atom is 0.416 e. The second-order valence-corrected chi connectivity index (χ2v) is 8.91. The molecule has 2 fully saturated rings. The van der Waals surface area contributed by atoms with Crippen molar-refractivity contribution < 1.29 is 45.4 Å². The van der Waals surface area contributed by atoms with Gasteiger partial charge in [-0.15, -0.1) is 0 Å². The second-order valence-electron chi connectivity index (χ2n) is 8.91. The van der Waals surface area contributed by atoms with Crippen molar-refractivity contribution in [1.82, 2.24) is 4.90 Å². The van der Waals surface area contributed by atoms with E-state index in [9.17, 15) is 40.6 Å². The Morgan fingerprint density at radius 3 is 2.11 bits per heavy atom. The first-order valence-electron chi connectivity index (χ1n) is 10.9. The molecule has 2 aromatic rings. The van der Waals surface area contributed by atoms with Crippen molar-refractivity contribution in [2.45, 2.75) is 49.9 Å². The lowest BCUT2D eigenvalue weighted by atomic mass is 9.86. The van der Waals surface area contributed by atoms with Gasteiger partial charge in [0.15, 0.2) is 0 Å². The van der Waals surface area contributed by atoms with Gasteiger partial charge in [0.25, 0.3) is 0 Å². The number of aliphatic hydroxyl groups is 1.